The molecule has 1 aromatic rings. The number of carbonyl (C=O) groups is 1. The molecule has 0 spiro atoms. The van der Waals surface area contributed by atoms with E-state index in [0.29, 0.717) is 11.6 Å². The van der Waals surface area contributed by atoms with Gasteiger partial charge in [0.15, 0.2) is 0 Å². The number of phenols is 1. The molecular weight excluding hydrogens is 264 g/mol. The van der Waals surface area contributed by atoms with Crippen LogP contribution in [0.2, 0.25) is 0 Å². The van der Waals surface area contributed by atoms with E-state index in [1.165, 1.54) is 12.8 Å². The SMILES string of the molecule is CCCN(CC1CCCCN1)C(=O)c1ccc(O)c(C)c1. The van der Waals surface area contributed by atoms with Gasteiger partial charge >= 0.3 is 0 Å². The van der Waals surface area contributed by atoms with E-state index in [0.717, 1.165) is 38.0 Å². The molecule has 4 nitrogen and oxygen atoms in total. The van der Waals surface area contributed by atoms with E-state index < -0.39 is 0 Å². The van der Waals surface area contributed by atoms with Crippen LogP contribution < -0.4 is 5.32 Å². The summed E-state index contributed by atoms with van der Waals surface area (Å²) < 4.78 is 0. The van der Waals surface area contributed by atoms with E-state index in [2.05, 4.69) is 12.2 Å². The number of benzene rings is 1. The average molecular weight is 290 g/mol. The maximum absolute atomic E-state index is 12.7. The summed E-state index contributed by atoms with van der Waals surface area (Å²) in [6.45, 7) is 6.51. The number of rotatable bonds is 5. The molecule has 0 aliphatic carbocycles. The molecule has 1 aliphatic rings. The van der Waals surface area contributed by atoms with Gasteiger partial charge in [0.05, 0.1) is 0 Å². The molecule has 0 aromatic heterocycles. The molecule has 1 amide bonds. The fourth-order valence-electron chi connectivity index (χ4n) is 2.86. The van der Waals surface area contributed by atoms with Crippen molar-refractivity contribution in [2.24, 2.45) is 0 Å². The van der Waals surface area contributed by atoms with Crippen molar-refractivity contribution in [3.8, 4) is 5.75 Å². The average Bonchev–Trinajstić information content (AvgIpc) is 2.50. The van der Waals surface area contributed by atoms with Crippen LogP contribution in [0.1, 0.15) is 48.5 Å². The predicted molar refractivity (Wildman–Crippen MR) is 84.7 cm³/mol. The summed E-state index contributed by atoms with van der Waals surface area (Å²) in [7, 11) is 0. The van der Waals surface area contributed by atoms with Gasteiger partial charge in [0, 0.05) is 24.7 Å². The number of nitrogens with one attached hydrogen (secondary N) is 1. The Bertz CT molecular complexity index is 482. The standard InChI is InChI=1S/C17H26N2O2/c1-3-10-19(12-15-6-4-5-9-18-15)17(21)14-7-8-16(20)13(2)11-14/h7-8,11,15,18,20H,3-6,9-10,12H2,1-2H3. The Morgan fingerprint density at radius 3 is 2.86 bits per heavy atom. The minimum atomic E-state index is 0.0623. The maximum Gasteiger partial charge on any atom is 0.253 e. The second-order valence-corrected chi connectivity index (χ2v) is 5.90. The first-order valence-corrected chi connectivity index (χ1v) is 7.94. The van der Waals surface area contributed by atoms with E-state index in [9.17, 15) is 9.90 Å². The highest BCUT2D eigenvalue weighted by Crippen LogP contribution is 2.19. The van der Waals surface area contributed by atoms with Crippen molar-refractivity contribution in [3.05, 3.63) is 29.3 Å². The number of nitrogens with zero attached hydrogens (tertiary/aromatic N) is 1. The van der Waals surface area contributed by atoms with Crippen LogP contribution in [0.3, 0.4) is 0 Å². The van der Waals surface area contributed by atoms with Crippen LogP contribution in [0, 0.1) is 6.92 Å². The molecule has 1 aromatic carbocycles. The van der Waals surface area contributed by atoms with Gasteiger partial charge in [-0.25, -0.2) is 0 Å². The van der Waals surface area contributed by atoms with Gasteiger partial charge in [-0.3, -0.25) is 4.79 Å². The van der Waals surface area contributed by atoms with E-state index in [4.69, 9.17) is 0 Å². The Balaban J connectivity index is 2.08. The number of amides is 1. The molecule has 2 rings (SSSR count). The summed E-state index contributed by atoms with van der Waals surface area (Å²) in [4.78, 5) is 14.6. The molecule has 0 radical (unpaired) electrons. The van der Waals surface area contributed by atoms with Gasteiger partial charge in [0.1, 0.15) is 5.75 Å². The van der Waals surface area contributed by atoms with Gasteiger partial charge in [-0.05, 0) is 56.5 Å². The van der Waals surface area contributed by atoms with Crippen molar-refractivity contribution in [2.45, 2.75) is 45.6 Å². The summed E-state index contributed by atoms with van der Waals surface area (Å²) >= 11 is 0. The predicted octanol–water partition coefficient (Wildman–Crippen LogP) is 2.69. The van der Waals surface area contributed by atoms with Gasteiger partial charge in [-0.1, -0.05) is 13.3 Å². The summed E-state index contributed by atoms with van der Waals surface area (Å²) in [5.41, 5.74) is 1.41. The highest BCUT2D eigenvalue weighted by molar-refractivity contribution is 5.94. The van der Waals surface area contributed by atoms with Gasteiger partial charge in [0.2, 0.25) is 0 Å². The molecule has 1 aliphatic heterocycles. The Morgan fingerprint density at radius 2 is 2.24 bits per heavy atom. The third kappa shape index (κ3) is 4.21. The van der Waals surface area contributed by atoms with Crippen LogP contribution in [0.15, 0.2) is 18.2 Å². The number of piperidine rings is 1. The zero-order valence-electron chi connectivity index (χ0n) is 13.1. The number of carbonyl (C=O) groups excluding carboxylic acids is 1. The Labute approximate surface area is 127 Å². The quantitative estimate of drug-likeness (QED) is 0.876. The summed E-state index contributed by atoms with van der Waals surface area (Å²) in [5.74, 6) is 0.301. The topological polar surface area (TPSA) is 52.6 Å². The van der Waals surface area contributed by atoms with E-state index in [1.54, 1.807) is 18.2 Å². The molecule has 1 saturated heterocycles. The third-order valence-electron chi connectivity index (χ3n) is 4.08. The first kappa shape index (κ1) is 15.8. The molecule has 4 heteroatoms. The third-order valence-corrected chi connectivity index (χ3v) is 4.08. The number of hydrogen-bond acceptors (Lipinski definition) is 3. The normalized spacial score (nSPS) is 18.5. The number of phenolic OH excluding ortho intramolecular Hbond substituents is 1. The monoisotopic (exact) mass is 290 g/mol. The zero-order chi connectivity index (χ0) is 15.2. The highest BCUT2D eigenvalue weighted by atomic mass is 16.3. The highest BCUT2D eigenvalue weighted by Gasteiger charge is 2.21. The lowest BCUT2D eigenvalue weighted by atomic mass is 10.0. The van der Waals surface area contributed by atoms with Crippen molar-refractivity contribution >= 4 is 5.91 Å². The molecule has 1 heterocycles. The lowest BCUT2D eigenvalue weighted by molar-refractivity contribution is 0.0731. The number of hydrogen-bond donors (Lipinski definition) is 2. The van der Waals surface area contributed by atoms with E-state index in [-0.39, 0.29) is 11.7 Å². The zero-order valence-corrected chi connectivity index (χ0v) is 13.1. The van der Waals surface area contributed by atoms with Crippen molar-refractivity contribution in [1.82, 2.24) is 10.2 Å². The minimum absolute atomic E-state index is 0.0623. The largest absolute Gasteiger partial charge is 0.508 e. The molecule has 1 fully saturated rings. The van der Waals surface area contributed by atoms with Crippen molar-refractivity contribution in [1.29, 1.82) is 0 Å². The minimum Gasteiger partial charge on any atom is -0.508 e. The lowest BCUT2D eigenvalue weighted by Crippen LogP contribution is -2.46. The number of aromatic hydroxyl groups is 1. The summed E-state index contributed by atoms with van der Waals surface area (Å²) in [5, 5.41) is 13.1. The van der Waals surface area contributed by atoms with Crippen LogP contribution >= 0.6 is 0 Å². The molecule has 116 valence electrons. The van der Waals surface area contributed by atoms with Crippen molar-refractivity contribution in [2.75, 3.05) is 19.6 Å². The second kappa shape index (κ2) is 7.46. The molecule has 2 N–H and O–H groups in total. The van der Waals surface area contributed by atoms with Gasteiger partial charge < -0.3 is 15.3 Å². The van der Waals surface area contributed by atoms with Crippen molar-refractivity contribution in [3.63, 3.8) is 0 Å². The lowest BCUT2D eigenvalue weighted by Gasteiger charge is -2.30. The molecular formula is C17H26N2O2. The first-order valence-electron chi connectivity index (χ1n) is 7.94. The van der Waals surface area contributed by atoms with E-state index in [1.807, 2.05) is 11.8 Å². The Kier molecular flexibility index (Phi) is 5.62. The molecule has 21 heavy (non-hydrogen) atoms. The summed E-state index contributed by atoms with van der Waals surface area (Å²) in [6, 6.07) is 5.49. The van der Waals surface area contributed by atoms with Crippen molar-refractivity contribution < 1.29 is 9.90 Å². The number of aryl methyl sites for hydroxylation is 1. The summed E-state index contributed by atoms with van der Waals surface area (Å²) in [6.07, 6.45) is 4.57. The Hall–Kier alpha value is -1.55. The van der Waals surface area contributed by atoms with Gasteiger partial charge in [-0.15, -0.1) is 0 Å². The van der Waals surface area contributed by atoms with Gasteiger partial charge in [-0.2, -0.15) is 0 Å². The van der Waals surface area contributed by atoms with Gasteiger partial charge in [0.25, 0.3) is 5.91 Å². The van der Waals surface area contributed by atoms with Crippen LogP contribution in [-0.4, -0.2) is 41.6 Å². The molecule has 1 unspecified atom stereocenters. The smallest absolute Gasteiger partial charge is 0.253 e. The Morgan fingerprint density at radius 1 is 1.43 bits per heavy atom. The van der Waals surface area contributed by atoms with Crippen LogP contribution in [0.5, 0.6) is 5.75 Å². The van der Waals surface area contributed by atoms with Crippen LogP contribution in [-0.2, 0) is 0 Å². The molecule has 0 bridgehead atoms. The fourth-order valence-corrected chi connectivity index (χ4v) is 2.86. The molecule has 0 saturated carbocycles. The van der Waals surface area contributed by atoms with Crippen LogP contribution in [0.4, 0.5) is 0 Å². The fraction of sp³-hybridized carbons (Fsp3) is 0.588. The molecule has 1 atom stereocenters. The second-order valence-electron chi connectivity index (χ2n) is 5.90. The van der Waals surface area contributed by atoms with E-state index >= 15 is 0 Å². The van der Waals surface area contributed by atoms with Crippen LogP contribution in [0.25, 0.3) is 0 Å². The first-order chi connectivity index (χ1) is 10.1. The maximum atomic E-state index is 12.7.